The lowest BCUT2D eigenvalue weighted by atomic mass is 10.0. The van der Waals surface area contributed by atoms with Crippen LogP contribution in [0.3, 0.4) is 0 Å². The molecule has 0 atom stereocenters. The molecule has 3 heterocycles. The van der Waals surface area contributed by atoms with E-state index in [2.05, 4.69) is 45.8 Å². The second-order valence-electron chi connectivity index (χ2n) is 8.83. The van der Waals surface area contributed by atoms with E-state index >= 15 is 0 Å². The first-order chi connectivity index (χ1) is 17.6. The van der Waals surface area contributed by atoms with Crippen LogP contribution in [-0.4, -0.2) is 30.5 Å². The highest BCUT2D eigenvalue weighted by molar-refractivity contribution is 6.12. The number of carbonyl (C=O) groups excluding carboxylic acids is 1. The largest absolute Gasteiger partial charge is 0.305 e. The minimum absolute atomic E-state index is 0.230. The minimum Gasteiger partial charge on any atom is -0.305 e. The molecule has 3 aromatic heterocycles. The van der Waals surface area contributed by atoms with Crippen LogP contribution in [0.4, 0.5) is 5.82 Å². The van der Waals surface area contributed by atoms with Crippen molar-refractivity contribution in [3.63, 3.8) is 0 Å². The normalized spacial score (nSPS) is 11.3. The minimum atomic E-state index is -0.230. The number of aryl methyl sites for hydroxylation is 1. The molecule has 0 bridgehead atoms. The average molecular weight is 473 g/mol. The number of aromatic nitrogens is 5. The van der Waals surface area contributed by atoms with Gasteiger partial charge in [0.05, 0.1) is 29.5 Å². The highest BCUT2D eigenvalue weighted by atomic mass is 16.1. The Morgan fingerprint density at radius 2 is 1.72 bits per heavy atom. The van der Waals surface area contributed by atoms with Crippen LogP contribution in [-0.2, 0) is 13.6 Å². The van der Waals surface area contributed by atoms with Gasteiger partial charge in [-0.1, -0.05) is 60.7 Å². The fraction of sp³-hybridized carbons (Fsp3) is 0.103. The predicted molar refractivity (Wildman–Crippen MR) is 142 cm³/mol. The van der Waals surface area contributed by atoms with Gasteiger partial charge >= 0.3 is 0 Å². The average Bonchev–Trinajstić information content (AvgIpc) is 3.48. The SMILES string of the molecule is Cc1c(-c2cc(C(=O)Nc3ccn(Cc4cccc5ccccc45)n3)c3ccccc3n2)cnn1C. The van der Waals surface area contributed by atoms with Crippen molar-refractivity contribution in [1.82, 2.24) is 24.5 Å². The van der Waals surface area contributed by atoms with Crippen LogP contribution >= 0.6 is 0 Å². The zero-order chi connectivity index (χ0) is 24.6. The van der Waals surface area contributed by atoms with Crippen LogP contribution in [0.1, 0.15) is 21.6 Å². The lowest BCUT2D eigenvalue weighted by molar-refractivity contribution is 0.102. The molecule has 6 rings (SSSR count). The number of hydrogen-bond acceptors (Lipinski definition) is 4. The molecule has 0 aliphatic carbocycles. The Labute approximate surface area is 208 Å². The monoisotopic (exact) mass is 472 g/mol. The number of fused-ring (bicyclic) bond motifs is 2. The first-order valence-electron chi connectivity index (χ1n) is 11.8. The van der Waals surface area contributed by atoms with Gasteiger partial charge in [0.25, 0.3) is 5.91 Å². The van der Waals surface area contributed by atoms with E-state index in [1.165, 1.54) is 16.3 Å². The molecular formula is C29H24N6O. The molecule has 0 aliphatic heterocycles. The van der Waals surface area contributed by atoms with Gasteiger partial charge in [0.15, 0.2) is 5.82 Å². The summed E-state index contributed by atoms with van der Waals surface area (Å²) in [6.45, 7) is 2.60. The summed E-state index contributed by atoms with van der Waals surface area (Å²) in [5.41, 5.74) is 5.07. The van der Waals surface area contributed by atoms with Gasteiger partial charge in [-0.2, -0.15) is 10.2 Å². The van der Waals surface area contributed by atoms with Crippen molar-refractivity contribution >= 4 is 33.4 Å². The van der Waals surface area contributed by atoms with E-state index in [0.717, 1.165) is 22.2 Å². The number of benzene rings is 3. The maximum absolute atomic E-state index is 13.4. The standard InChI is InChI=1S/C29H24N6O/c1-19-25(17-30-34(19)2)27-16-24(23-12-5-6-13-26(23)31-27)29(36)32-28-14-15-35(33-28)18-21-10-7-9-20-8-3-4-11-22(20)21/h3-17H,18H2,1-2H3,(H,32,33,36). The molecule has 1 amide bonds. The Kier molecular flexibility index (Phi) is 5.30. The third kappa shape index (κ3) is 3.90. The summed E-state index contributed by atoms with van der Waals surface area (Å²) in [6, 6.07) is 25.9. The fourth-order valence-corrected chi connectivity index (χ4v) is 4.56. The van der Waals surface area contributed by atoms with Crippen LogP contribution in [0.25, 0.3) is 32.9 Å². The van der Waals surface area contributed by atoms with Gasteiger partial charge in [-0.15, -0.1) is 0 Å². The fourth-order valence-electron chi connectivity index (χ4n) is 4.56. The number of pyridine rings is 1. The molecule has 0 aliphatic rings. The number of para-hydroxylation sites is 1. The maximum atomic E-state index is 13.4. The molecule has 0 spiro atoms. The quantitative estimate of drug-likeness (QED) is 0.355. The van der Waals surface area contributed by atoms with Crippen molar-refractivity contribution in [1.29, 1.82) is 0 Å². The number of amides is 1. The van der Waals surface area contributed by atoms with Crippen molar-refractivity contribution in [2.45, 2.75) is 13.5 Å². The zero-order valence-electron chi connectivity index (χ0n) is 20.0. The van der Waals surface area contributed by atoms with E-state index in [1.54, 1.807) is 10.9 Å². The molecule has 0 saturated heterocycles. The van der Waals surface area contributed by atoms with Gasteiger partial charge in [-0.3, -0.25) is 14.2 Å². The number of nitrogens with one attached hydrogen (secondary N) is 1. The Morgan fingerprint density at radius 1 is 0.944 bits per heavy atom. The third-order valence-corrected chi connectivity index (χ3v) is 6.57. The molecule has 1 N–H and O–H groups in total. The summed E-state index contributed by atoms with van der Waals surface area (Å²) in [6.07, 6.45) is 3.66. The molecular weight excluding hydrogens is 448 g/mol. The van der Waals surface area contributed by atoms with Gasteiger partial charge in [0.1, 0.15) is 0 Å². The molecule has 0 fully saturated rings. The number of hydrogen-bond donors (Lipinski definition) is 1. The van der Waals surface area contributed by atoms with Gasteiger partial charge in [-0.25, -0.2) is 4.98 Å². The Hall–Kier alpha value is -4.78. The highest BCUT2D eigenvalue weighted by Gasteiger charge is 2.17. The van der Waals surface area contributed by atoms with Gasteiger partial charge in [0, 0.05) is 36.0 Å². The van der Waals surface area contributed by atoms with Crippen molar-refractivity contribution in [2.24, 2.45) is 7.05 Å². The third-order valence-electron chi connectivity index (χ3n) is 6.57. The smallest absolute Gasteiger partial charge is 0.257 e. The molecule has 0 radical (unpaired) electrons. The van der Waals surface area contributed by atoms with E-state index < -0.39 is 0 Å². The molecule has 6 aromatic rings. The Morgan fingerprint density at radius 3 is 2.56 bits per heavy atom. The summed E-state index contributed by atoms with van der Waals surface area (Å²) < 4.78 is 3.64. The highest BCUT2D eigenvalue weighted by Crippen LogP contribution is 2.27. The van der Waals surface area contributed by atoms with Crippen molar-refractivity contribution in [3.05, 3.63) is 108 Å². The lowest BCUT2D eigenvalue weighted by Crippen LogP contribution is -2.14. The summed E-state index contributed by atoms with van der Waals surface area (Å²) >= 11 is 0. The van der Waals surface area contributed by atoms with Crippen molar-refractivity contribution < 1.29 is 4.79 Å². The Bertz CT molecular complexity index is 1740. The van der Waals surface area contributed by atoms with Gasteiger partial charge < -0.3 is 5.32 Å². The van der Waals surface area contributed by atoms with Crippen LogP contribution in [0.15, 0.2) is 91.3 Å². The van der Waals surface area contributed by atoms with Crippen LogP contribution in [0, 0.1) is 6.92 Å². The summed E-state index contributed by atoms with van der Waals surface area (Å²) in [5.74, 6) is 0.270. The van der Waals surface area contributed by atoms with Gasteiger partial charge in [0.2, 0.25) is 0 Å². The molecule has 0 saturated carbocycles. The molecule has 3 aromatic carbocycles. The number of carbonyl (C=O) groups is 1. The molecule has 36 heavy (non-hydrogen) atoms. The lowest BCUT2D eigenvalue weighted by Gasteiger charge is -2.10. The summed E-state index contributed by atoms with van der Waals surface area (Å²) in [5, 5.41) is 15.1. The van der Waals surface area contributed by atoms with E-state index in [4.69, 9.17) is 4.98 Å². The zero-order valence-corrected chi connectivity index (χ0v) is 20.0. The van der Waals surface area contributed by atoms with E-state index in [0.29, 0.717) is 23.6 Å². The summed E-state index contributed by atoms with van der Waals surface area (Å²) in [4.78, 5) is 18.2. The van der Waals surface area contributed by atoms with Crippen molar-refractivity contribution in [3.8, 4) is 11.3 Å². The number of nitrogens with zero attached hydrogens (tertiary/aromatic N) is 5. The number of rotatable bonds is 5. The van der Waals surface area contributed by atoms with E-state index in [9.17, 15) is 4.79 Å². The number of anilines is 1. The first-order valence-corrected chi connectivity index (χ1v) is 11.8. The molecule has 176 valence electrons. The second kappa shape index (κ2) is 8.78. The van der Waals surface area contributed by atoms with Crippen LogP contribution in [0.5, 0.6) is 0 Å². The van der Waals surface area contributed by atoms with Crippen LogP contribution < -0.4 is 5.32 Å². The predicted octanol–water partition coefficient (Wildman–Crippen LogP) is 5.59. The van der Waals surface area contributed by atoms with Gasteiger partial charge in [-0.05, 0) is 35.4 Å². The molecule has 7 heteroatoms. The molecule has 0 unspecified atom stereocenters. The van der Waals surface area contributed by atoms with E-state index in [-0.39, 0.29) is 5.91 Å². The summed E-state index contributed by atoms with van der Waals surface area (Å²) in [7, 11) is 1.89. The van der Waals surface area contributed by atoms with E-state index in [1.807, 2.05) is 73.4 Å². The second-order valence-corrected chi connectivity index (χ2v) is 8.83. The van der Waals surface area contributed by atoms with Crippen LogP contribution in [0.2, 0.25) is 0 Å². The first kappa shape index (κ1) is 21.7. The Balaban J connectivity index is 1.30. The molecule has 7 nitrogen and oxygen atoms in total. The maximum Gasteiger partial charge on any atom is 0.257 e. The van der Waals surface area contributed by atoms with Crippen molar-refractivity contribution in [2.75, 3.05) is 5.32 Å². The topological polar surface area (TPSA) is 77.6 Å².